The number of nitrogen functional groups attached to an aromatic ring is 1. The van der Waals surface area contributed by atoms with E-state index in [-0.39, 0.29) is 5.48 Å². The maximum Gasteiger partial charge on any atom is 0.153 e. The molecule has 0 atom stereocenters. The maximum atomic E-state index is 5.85. The monoisotopic (exact) mass is 340 g/mol. The lowest BCUT2D eigenvalue weighted by Crippen LogP contribution is -2.02. The number of benzene rings is 2. The zero-order valence-electron chi connectivity index (χ0n) is 13.4. The zero-order chi connectivity index (χ0) is 16.9. The highest BCUT2D eigenvalue weighted by Crippen LogP contribution is 2.24. The van der Waals surface area contributed by atoms with Crippen molar-refractivity contribution in [1.82, 2.24) is 25.2 Å². The van der Waals surface area contributed by atoms with Crippen molar-refractivity contribution in [2.24, 2.45) is 11.7 Å². The van der Waals surface area contributed by atoms with E-state index in [0.717, 1.165) is 22.2 Å². The molecule has 9 nitrogen and oxygen atoms in total. The van der Waals surface area contributed by atoms with Gasteiger partial charge in [0.15, 0.2) is 5.82 Å². The smallest absolute Gasteiger partial charge is 0.153 e. The van der Waals surface area contributed by atoms with Gasteiger partial charge in [-0.05, 0) is 17.7 Å². The van der Waals surface area contributed by atoms with Crippen molar-refractivity contribution in [2.45, 2.75) is 6.54 Å². The van der Waals surface area contributed by atoms with Gasteiger partial charge in [-0.1, -0.05) is 41.6 Å². The van der Waals surface area contributed by atoms with Crippen LogP contribution >= 0.6 is 0 Å². The minimum atomic E-state index is 0. The number of fused-ring (bicyclic) bond motifs is 1. The van der Waals surface area contributed by atoms with Gasteiger partial charge >= 0.3 is 0 Å². The first-order chi connectivity index (χ1) is 11.8. The Kier molecular flexibility index (Phi) is 5.79. The van der Waals surface area contributed by atoms with Crippen molar-refractivity contribution in [3.63, 3.8) is 0 Å². The van der Waals surface area contributed by atoms with Crippen LogP contribution < -0.4 is 17.4 Å². The van der Waals surface area contributed by atoms with E-state index in [0.29, 0.717) is 12.4 Å². The molecule has 130 valence electrons. The average molecular weight is 340 g/mol. The van der Waals surface area contributed by atoms with Crippen LogP contribution in [0.3, 0.4) is 0 Å². The predicted molar refractivity (Wildman–Crippen MR) is 97.1 cm³/mol. The number of rotatable bonds is 3. The van der Waals surface area contributed by atoms with E-state index in [9.17, 15) is 0 Å². The molecule has 0 aliphatic heterocycles. The topological polar surface area (TPSA) is 169 Å². The average Bonchev–Trinajstić information content (AvgIpc) is 3.25. The first-order valence-corrected chi connectivity index (χ1v) is 7.31. The summed E-state index contributed by atoms with van der Waals surface area (Å²) in [5, 5.41) is 16.2. The molecule has 25 heavy (non-hydrogen) atoms. The van der Waals surface area contributed by atoms with Gasteiger partial charge in [0.1, 0.15) is 5.69 Å². The zero-order valence-corrected chi connectivity index (χ0v) is 13.4. The quantitative estimate of drug-likeness (QED) is 0.311. The molecule has 0 unspecified atom stereocenters. The van der Waals surface area contributed by atoms with Crippen molar-refractivity contribution >= 4 is 16.7 Å². The van der Waals surface area contributed by atoms with Crippen LogP contribution in [0.1, 0.15) is 5.56 Å². The van der Waals surface area contributed by atoms with Gasteiger partial charge in [0.05, 0.1) is 18.3 Å². The number of H-pyrrole nitrogens is 1. The number of hydrazine groups is 1. The molecule has 4 rings (SSSR count). The Morgan fingerprint density at radius 3 is 2.56 bits per heavy atom. The van der Waals surface area contributed by atoms with E-state index in [1.54, 1.807) is 0 Å². The van der Waals surface area contributed by atoms with Crippen molar-refractivity contribution in [3.05, 3.63) is 60.3 Å². The normalized spacial score (nSPS) is 10.0. The summed E-state index contributed by atoms with van der Waals surface area (Å²) in [4.78, 5) is 0. The Hall–Kier alpha value is -3.27. The molecule has 2 aromatic carbocycles. The number of aromatic nitrogens is 5. The molecule has 9 N–H and O–H groups in total. The van der Waals surface area contributed by atoms with Gasteiger partial charge in [0.25, 0.3) is 0 Å². The lowest BCUT2D eigenvalue weighted by Gasteiger charge is -1.99. The lowest BCUT2D eigenvalue weighted by atomic mass is 10.1. The van der Waals surface area contributed by atoms with Crippen LogP contribution in [-0.4, -0.2) is 30.7 Å². The molecule has 9 heteroatoms. The highest BCUT2D eigenvalue weighted by molar-refractivity contribution is 5.91. The van der Waals surface area contributed by atoms with E-state index < -0.39 is 0 Å². The second-order valence-corrected chi connectivity index (χ2v) is 5.16. The summed E-state index contributed by atoms with van der Waals surface area (Å²) in [5.41, 5.74) is 9.74. The third kappa shape index (κ3) is 3.80. The van der Waals surface area contributed by atoms with Gasteiger partial charge in [-0.15, -0.1) is 5.10 Å². The van der Waals surface area contributed by atoms with Crippen molar-refractivity contribution in [3.8, 4) is 11.3 Å². The highest BCUT2D eigenvalue weighted by atomic mass is 16.0. The number of nitrogens with two attached hydrogens (primary N) is 3. The minimum Gasteiger partial charge on any atom is -0.412 e. The molecule has 0 saturated heterocycles. The van der Waals surface area contributed by atoms with Gasteiger partial charge < -0.3 is 11.2 Å². The molecule has 0 saturated carbocycles. The first kappa shape index (κ1) is 18.1. The molecule has 0 amide bonds. The second-order valence-electron chi connectivity index (χ2n) is 5.16. The number of hydrogen-bond acceptors (Lipinski definition) is 6. The molecule has 0 bridgehead atoms. The SMILES string of the molecule is NN.Nc1n[nH]c2ccc(-c3cn(Cc4ccccc4)nn3)cc12.O. The fourth-order valence-electron chi connectivity index (χ4n) is 2.47. The first-order valence-electron chi connectivity index (χ1n) is 7.31. The van der Waals surface area contributed by atoms with Crippen LogP contribution in [0.15, 0.2) is 54.7 Å². The van der Waals surface area contributed by atoms with Crippen molar-refractivity contribution in [2.75, 3.05) is 5.73 Å². The molecular formula is C16H20N8O. The summed E-state index contributed by atoms with van der Waals surface area (Å²) in [6.45, 7) is 0.698. The van der Waals surface area contributed by atoms with Crippen LogP contribution in [0.5, 0.6) is 0 Å². The second kappa shape index (κ2) is 8.02. The van der Waals surface area contributed by atoms with Crippen molar-refractivity contribution < 1.29 is 5.48 Å². The summed E-state index contributed by atoms with van der Waals surface area (Å²) in [6, 6.07) is 16.1. The molecular weight excluding hydrogens is 320 g/mol. The van der Waals surface area contributed by atoms with E-state index >= 15 is 0 Å². The molecule has 0 radical (unpaired) electrons. The Bertz CT molecular complexity index is 932. The van der Waals surface area contributed by atoms with Crippen LogP contribution in [0.25, 0.3) is 22.2 Å². The number of nitrogens with one attached hydrogen (secondary N) is 1. The van der Waals surface area contributed by atoms with Crippen molar-refractivity contribution in [1.29, 1.82) is 0 Å². The standard InChI is InChI=1S/C16H14N6.H4N2.H2O/c17-16-13-8-12(6-7-14(13)18-20-16)15-10-22(21-19-15)9-11-4-2-1-3-5-11;1-2;/h1-8,10H,9H2,(H3,17,18,20);1-2H2;1H2. The third-order valence-corrected chi connectivity index (χ3v) is 3.61. The Labute approximate surface area is 143 Å². The minimum absolute atomic E-state index is 0. The number of anilines is 1. The molecule has 0 aliphatic carbocycles. The predicted octanol–water partition coefficient (Wildman–Crippen LogP) is 0.446. The van der Waals surface area contributed by atoms with Gasteiger partial charge in [0.2, 0.25) is 0 Å². The van der Waals surface area contributed by atoms with Gasteiger partial charge in [0, 0.05) is 10.9 Å². The summed E-state index contributed by atoms with van der Waals surface area (Å²) in [5.74, 6) is 8.49. The fourth-order valence-corrected chi connectivity index (χ4v) is 2.47. The summed E-state index contributed by atoms with van der Waals surface area (Å²) < 4.78 is 1.83. The number of aromatic amines is 1. The molecule has 2 aromatic heterocycles. The van der Waals surface area contributed by atoms with Gasteiger partial charge in [-0.3, -0.25) is 16.8 Å². The van der Waals surface area contributed by atoms with Crippen LogP contribution in [0.2, 0.25) is 0 Å². The highest BCUT2D eigenvalue weighted by Gasteiger charge is 2.08. The third-order valence-electron chi connectivity index (χ3n) is 3.61. The summed E-state index contributed by atoms with van der Waals surface area (Å²) in [6.07, 6.45) is 1.93. The van der Waals surface area contributed by atoms with E-state index in [1.165, 1.54) is 5.56 Å². The van der Waals surface area contributed by atoms with Gasteiger partial charge in [-0.2, -0.15) is 5.10 Å². The Morgan fingerprint density at radius 2 is 1.80 bits per heavy atom. The molecule has 2 heterocycles. The molecule has 0 spiro atoms. The van der Waals surface area contributed by atoms with Crippen LogP contribution in [0, 0.1) is 0 Å². The number of nitrogens with zero attached hydrogens (tertiary/aromatic N) is 4. The lowest BCUT2D eigenvalue weighted by molar-refractivity contribution is 0.650. The molecule has 0 aliphatic rings. The maximum absolute atomic E-state index is 5.85. The fraction of sp³-hybridized carbons (Fsp3) is 0.0625. The summed E-state index contributed by atoms with van der Waals surface area (Å²) >= 11 is 0. The van der Waals surface area contributed by atoms with E-state index in [4.69, 9.17) is 5.73 Å². The Morgan fingerprint density at radius 1 is 1.04 bits per heavy atom. The van der Waals surface area contributed by atoms with Crippen LogP contribution in [0.4, 0.5) is 5.82 Å². The summed E-state index contributed by atoms with van der Waals surface area (Å²) in [7, 11) is 0. The largest absolute Gasteiger partial charge is 0.412 e. The molecule has 0 fully saturated rings. The van der Waals surface area contributed by atoms with Gasteiger partial charge in [-0.25, -0.2) is 4.68 Å². The van der Waals surface area contributed by atoms with E-state index in [1.807, 2.05) is 47.3 Å². The number of hydrogen-bond donors (Lipinski definition) is 4. The van der Waals surface area contributed by atoms with Crippen LogP contribution in [-0.2, 0) is 6.54 Å². The Balaban J connectivity index is 0.000000726. The molecule has 4 aromatic rings. The van der Waals surface area contributed by atoms with E-state index in [2.05, 4.69) is 44.3 Å².